The molecule has 5 aliphatic rings. The molecule has 2 aromatic rings. The second-order valence-corrected chi connectivity index (χ2v) is 14.5. The number of benzene rings is 1. The van der Waals surface area contributed by atoms with E-state index in [4.69, 9.17) is 9.31 Å². The molecule has 14 heteroatoms. The van der Waals surface area contributed by atoms with Gasteiger partial charge in [-0.3, -0.25) is 14.9 Å². The van der Waals surface area contributed by atoms with E-state index in [0.717, 1.165) is 23.6 Å². The van der Waals surface area contributed by atoms with Crippen molar-refractivity contribution in [1.29, 1.82) is 0 Å². The summed E-state index contributed by atoms with van der Waals surface area (Å²) >= 11 is 0. The number of hydrogen-bond acceptors (Lipinski definition) is 8. The molecule has 1 aromatic heterocycles. The summed E-state index contributed by atoms with van der Waals surface area (Å²) in [5.41, 5.74) is 3.77. The zero-order valence-corrected chi connectivity index (χ0v) is 27.3. The van der Waals surface area contributed by atoms with Crippen molar-refractivity contribution in [2.24, 2.45) is 23.2 Å². The highest BCUT2D eigenvalue weighted by Crippen LogP contribution is 2.65. The maximum atomic E-state index is 13.9. The van der Waals surface area contributed by atoms with E-state index in [-0.39, 0.29) is 29.3 Å². The Morgan fingerprint density at radius 1 is 1.13 bits per heavy atom. The minimum absolute atomic E-state index is 0.00769. The van der Waals surface area contributed by atoms with Gasteiger partial charge in [0.25, 0.3) is 5.91 Å². The summed E-state index contributed by atoms with van der Waals surface area (Å²) in [4.78, 5) is 38.3. The first-order valence-electron chi connectivity index (χ1n) is 16.5. The van der Waals surface area contributed by atoms with E-state index in [0.29, 0.717) is 43.2 Å². The third-order valence-electron chi connectivity index (χ3n) is 10.6. The van der Waals surface area contributed by atoms with Gasteiger partial charge in [0, 0.05) is 23.6 Å². The van der Waals surface area contributed by atoms with Crippen molar-refractivity contribution in [1.82, 2.24) is 31.1 Å². The molecule has 1 aromatic carbocycles. The molecule has 5 fully saturated rings. The number of rotatable bonds is 14. The second-order valence-electron chi connectivity index (χ2n) is 14.5. The van der Waals surface area contributed by atoms with Crippen molar-refractivity contribution in [3.63, 3.8) is 0 Å². The fraction of sp³-hybridized carbons (Fsp3) is 0.625. The van der Waals surface area contributed by atoms with E-state index in [2.05, 4.69) is 56.0 Å². The highest BCUT2D eigenvalue weighted by atomic mass is 16.7. The topological polar surface area (TPSA) is 162 Å². The standard InChI is InChI=1S/C32H46BN7O6/c1-20(2)17-27(33-45-26-19-22-18-25(31(22,3)4)32(26,5)46-33)36-29(42)24(9-8-14-34-30-37-39(30)40(43)44)35-28(41)21-10-12-23(13-11-21)38-15-6-7-16-38/h6-7,10-13,15-16,20,22,24-27,30,34,37H,8-9,14,17-19H2,1-5H3,(H,35,41)(H,36,42)/t22-,24-,25-,26+,27-,30?,32-,39?/m0/s1. The van der Waals surface area contributed by atoms with Crippen LogP contribution in [0.5, 0.6) is 0 Å². The lowest BCUT2D eigenvalue weighted by Gasteiger charge is -2.64. The normalized spacial score (nSPS) is 28.7. The molecule has 0 radical (unpaired) electrons. The molecule has 3 aliphatic carbocycles. The molecular formula is C32H46BN7O6. The first-order chi connectivity index (χ1) is 21.9. The fourth-order valence-corrected chi connectivity index (χ4v) is 7.81. The molecule has 7 rings (SSSR count). The number of amides is 2. The van der Waals surface area contributed by atoms with Crippen LogP contribution in [0.3, 0.4) is 0 Å². The highest BCUT2D eigenvalue weighted by Gasteiger charge is 2.68. The minimum atomic E-state index is -0.835. The fourth-order valence-electron chi connectivity index (χ4n) is 7.81. The van der Waals surface area contributed by atoms with Gasteiger partial charge in [-0.25, -0.2) is 10.1 Å². The van der Waals surface area contributed by atoms with Crippen molar-refractivity contribution in [3.05, 3.63) is 64.5 Å². The van der Waals surface area contributed by atoms with Crippen molar-refractivity contribution >= 4 is 18.9 Å². The maximum Gasteiger partial charge on any atom is 0.481 e. The molecule has 1 unspecified atom stereocenters. The van der Waals surface area contributed by atoms with Crippen LogP contribution in [0.15, 0.2) is 48.8 Å². The van der Waals surface area contributed by atoms with E-state index in [9.17, 15) is 19.7 Å². The maximum absolute atomic E-state index is 13.9. The SMILES string of the molecule is CC(C)C[C@H](NC(=O)[C@H](CCCNC1NN1[N+](=O)[O-])NC(=O)c1ccc(-n2cccc2)cc1)B1O[C@@H]2C[C@@H]3C[C@@H](C3(C)C)[C@]2(C)O1. The monoisotopic (exact) mass is 635 g/mol. The number of carbonyl (C=O) groups excluding carboxylic acids is 2. The van der Waals surface area contributed by atoms with Crippen molar-refractivity contribution in [2.45, 2.75) is 96.7 Å². The third kappa shape index (κ3) is 6.40. The number of nitrogens with one attached hydrogen (secondary N) is 4. The summed E-state index contributed by atoms with van der Waals surface area (Å²) in [7, 11) is -0.579. The summed E-state index contributed by atoms with van der Waals surface area (Å²) in [6, 6.07) is 10.2. The van der Waals surface area contributed by atoms with E-state index in [1.165, 1.54) is 0 Å². The molecule has 7 atom stereocenters. The second kappa shape index (κ2) is 12.6. The molecule has 13 nitrogen and oxygen atoms in total. The van der Waals surface area contributed by atoms with Gasteiger partial charge in [0.05, 0.1) is 17.6 Å². The zero-order chi connectivity index (χ0) is 32.8. The quantitative estimate of drug-likeness (QED) is 0.0804. The summed E-state index contributed by atoms with van der Waals surface area (Å²) in [6.07, 6.45) is 6.87. The predicted molar refractivity (Wildman–Crippen MR) is 172 cm³/mol. The molecule has 2 amide bonds. The van der Waals surface area contributed by atoms with Gasteiger partial charge >= 0.3 is 7.12 Å². The van der Waals surface area contributed by atoms with E-state index in [1.54, 1.807) is 12.1 Å². The Hall–Kier alpha value is -3.46. The van der Waals surface area contributed by atoms with Crippen LogP contribution < -0.4 is 21.4 Å². The number of nitrogens with zero attached hydrogens (tertiary/aromatic N) is 3. The Kier molecular flexibility index (Phi) is 8.92. The lowest BCUT2D eigenvalue weighted by molar-refractivity contribution is -0.627. The summed E-state index contributed by atoms with van der Waals surface area (Å²) in [5, 5.41) is 20.4. The third-order valence-corrected chi connectivity index (χ3v) is 10.6. The average molecular weight is 636 g/mol. The Labute approximate surface area is 270 Å². The van der Waals surface area contributed by atoms with Gasteiger partial charge in [-0.2, -0.15) is 0 Å². The number of hydrazine groups is 2. The van der Waals surface area contributed by atoms with Gasteiger partial charge in [-0.05, 0) is 110 Å². The van der Waals surface area contributed by atoms with E-state index < -0.39 is 36.0 Å². The summed E-state index contributed by atoms with van der Waals surface area (Å²) < 4.78 is 15.2. The Bertz CT molecular complexity index is 1420. The molecular weight excluding hydrogens is 589 g/mol. The van der Waals surface area contributed by atoms with Crippen LogP contribution in [-0.2, 0) is 14.1 Å². The Balaban J connectivity index is 1.13. The van der Waals surface area contributed by atoms with Gasteiger partial charge in [0.15, 0.2) is 5.03 Å². The number of hydrogen-bond donors (Lipinski definition) is 4. The number of aromatic nitrogens is 1. The van der Waals surface area contributed by atoms with Gasteiger partial charge in [0.2, 0.25) is 12.2 Å². The molecule has 3 saturated carbocycles. The largest absolute Gasteiger partial charge is 0.481 e. The first kappa shape index (κ1) is 32.5. The van der Waals surface area contributed by atoms with Gasteiger partial charge in [0.1, 0.15) is 6.04 Å². The molecule has 2 aliphatic heterocycles. The lowest BCUT2D eigenvalue weighted by atomic mass is 9.43. The smallest absolute Gasteiger partial charge is 0.404 e. The molecule has 2 bridgehead atoms. The average Bonchev–Trinajstić information content (AvgIpc) is 3.40. The Morgan fingerprint density at radius 3 is 2.48 bits per heavy atom. The van der Waals surface area contributed by atoms with Crippen LogP contribution in [-0.4, -0.2) is 70.2 Å². The van der Waals surface area contributed by atoms with Crippen molar-refractivity contribution < 1.29 is 23.9 Å². The summed E-state index contributed by atoms with van der Waals surface area (Å²) in [5.74, 6) is 0.230. The number of carbonyl (C=O) groups is 2. The molecule has 4 N–H and O–H groups in total. The summed E-state index contributed by atoms with van der Waals surface area (Å²) in [6.45, 7) is 11.4. The zero-order valence-electron chi connectivity index (χ0n) is 27.3. The van der Waals surface area contributed by atoms with Crippen LogP contribution in [0.2, 0.25) is 0 Å². The lowest BCUT2D eigenvalue weighted by Crippen LogP contribution is -2.65. The van der Waals surface area contributed by atoms with Crippen LogP contribution >= 0.6 is 0 Å². The van der Waals surface area contributed by atoms with E-state index in [1.807, 2.05) is 41.2 Å². The molecule has 248 valence electrons. The number of nitro groups is 1. The van der Waals surface area contributed by atoms with E-state index >= 15 is 0 Å². The van der Waals surface area contributed by atoms with Crippen LogP contribution in [0.4, 0.5) is 0 Å². The van der Waals surface area contributed by atoms with Crippen molar-refractivity contribution in [3.8, 4) is 5.69 Å². The van der Waals surface area contributed by atoms with Crippen LogP contribution in [0.1, 0.15) is 77.1 Å². The first-order valence-corrected chi connectivity index (χ1v) is 16.5. The highest BCUT2D eigenvalue weighted by molar-refractivity contribution is 6.48. The predicted octanol–water partition coefficient (Wildman–Crippen LogP) is 3.04. The molecule has 0 spiro atoms. The molecule has 2 saturated heterocycles. The van der Waals surface area contributed by atoms with Crippen LogP contribution in [0, 0.1) is 33.3 Å². The van der Waals surface area contributed by atoms with Crippen LogP contribution in [0.25, 0.3) is 5.69 Å². The van der Waals surface area contributed by atoms with Gasteiger partial charge < -0.3 is 24.5 Å². The molecule has 3 heterocycles. The minimum Gasteiger partial charge on any atom is -0.404 e. The molecule has 46 heavy (non-hydrogen) atoms. The van der Waals surface area contributed by atoms with Crippen molar-refractivity contribution in [2.75, 3.05) is 6.54 Å². The van der Waals surface area contributed by atoms with Gasteiger partial charge in [-0.1, -0.05) is 27.7 Å². The Morgan fingerprint density at radius 2 is 1.85 bits per heavy atom. The van der Waals surface area contributed by atoms with Gasteiger partial charge in [-0.15, -0.1) is 5.43 Å².